The van der Waals surface area contributed by atoms with E-state index in [1.807, 2.05) is 0 Å². The highest BCUT2D eigenvalue weighted by atomic mass is 19.1. The third-order valence-corrected chi connectivity index (χ3v) is 2.88. The number of benzene rings is 1. The van der Waals surface area contributed by atoms with Gasteiger partial charge in [0.1, 0.15) is 0 Å². The van der Waals surface area contributed by atoms with Crippen molar-refractivity contribution >= 4 is 5.91 Å². The Labute approximate surface area is 106 Å². The molecule has 0 atom stereocenters. The maximum atomic E-state index is 13.2. The van der Waals surface area contributed by atoms with Crippen LogP contribution in [0.15, 0.2) is 24.3 Å². The van der Waals surface area contributed by atoms with E-state index in [0.717, 1.165) is 26.2 Å². The third-order valence-electron chi connectivity index (χ3n) is 2.88. The number of nitrogens with one attached hydrogen (secondary N) is 1. The number of rotatable bonds is 4. The van der Waals surface area contributed by atoms with Crippen molar-refractivity contribution in [3.8, 4) is 5.75 Å². The molecule has 1 heterocycles. The SMILES string of the molecule is O=C(CCOc1ccccc1F)N1CCNCC1. The van der Waals surface area contributed by atoms with Crippen molar-refractivity contribution < 1.29 is 13.9 Å². The van der Waals surface area contributed by atoms with Crippen LogP contribution in [0.3, 0.4) is 0 Å². The Morgan fingerprint density at radius 1 is 1.33 bits per heavy atom. The molecule has 0 radical (unpaired) electrons. The summed E-state index contributed by atoms with van der Waals surface area (Å²) in [4.78, 5) is 13.6. The lowest BCUT2D eigenvalue weighted by molar-refractivity contribution is -0.132. The molecule has 4 nitrogen and oxygen atoms in total. The minimum Gasteiger partial charge on any atom is -0.490 e. The number of hydrogen-bond acceptors (Lipinski definition) is 3. The molecule has 0 aliphatic carbocycles. The minimum atomic E-state index is -0.396. The summed E-state index contributed by atoms with van der Waals surface area (Å²) in [6, 6.07) is 6.21. The van der Waals surface area contributed by atoms with Gasteiger partial charge < -0.3 is 15.0 Å². The van der Waals surface area contributed by atoms with E-state index in [-0.39, 0.29) is 24.7 Å². The van der Waals surface area contributed by atoms with Crippen molar-refractivity contribution in [3.63, 3.8) is 0 Å². The van der Waals surface area contributed by atoms with Crippen molar-refractivity contribution in [2.24, 2.45) is 0 Å². The van der Waals surface area contributed by atoms with E-state index >= 15 is 0 Å². The Kier molecular flexibility index (Phi) is 4.52. The van der Waals surface area contributed by atoms with Crippen LogP contribution in [-0.4, -0.2) is 43.6 Å². The summed E-state index contributed by atoms with van der Waals surface area (Å²) < 4.78 is 18.5. The minimum absolute atomic E-state index is 0.0628. The molecule has 18 heavy (non-hydrogen) atoms. The predicted molar refractivity (Wildman–Crippen MR) is 66.0 cm³/mol. The van der Waals surface area contributed by atoms with Crippen molar-refractivity contribution in [2.45, 2.75) is 6.42 Å². The molecule has 1 aromatic carbocycles. The van der Waals surface area contributed by atoms with Crippen LogP contribution in [0.2, 0.25) is 0 Å². The largest absolute Gasteiger partial charge is 0.490 e. The maximum absolute atomic E-state index is 13.2. The van der Waals surface area contributed by atoms with Crippen LogP contribution in [-0.2, 0) is 4.79 Å². The molecule has 1 amide bonds. The van der Waals surface area contributed by atoms with Gasteiger partial charge in [0.25, 0.3) is 0 Å². The summed E-state index contributed by atoms with van der Waals surface area (Å²) in [6.45, 7) is 3.35. The van der Waals surface area contributed by atoms with Crippen LogP contribution in [0.4, 0.5) is 4.39 Å². The molecule has 0 saturated carbocycles. The van der Waals surface area contributed by atoms with Gasteiger partial charge in [-0.05, 0) is 12.1 Å². The fourth-order valence-corrected chi connectivity index (χ4v) is 1.88. The lowest BCUT2D eigenvalue weighted by Gasteiger charge is -2.27. The molecule has 1 aromatic rings. The number of nitrogens with zero attached hydrogens (tertiary/aromatic N) is 1. The number of amides is 1. The lowest BCUT2D eigenvalue weighted by atomic mass is 10.3. The lowest BCUT2D eigenvalue weighted by Crippen LogP contribution is -2.46. The first-order chi connectivity index (χ1) is 8.77. The molecule has 1 N–H and O–H groups in total. The molecule has 98 valence electrons. The normalized spacial score (nSPS) is 15.5. The average molecular weight is 252 g/mol. The molecule has 0 bridgehead atoms. The quantitative estimate of drug-likeness (QED) is 0.870. The molecule has 5 heteroatoms. The van der Waals surface area contributed by atoms with Crippen molar-refractivity contribution in [2.75, 3.05) is 32.8 Å². The monoisotopic (exact) mass is 252 g/mol. The van der Waals surface area contributed by atoms with Gasteiger partial charge in [-0.3, -0.25) is 4.79 Å². The Balaban J connectivity index is 1.75. The topological polar surface area (TPSA) is 41.6 Å². The van der Waals surface area contributed by atoms with E-state index in [1.165, 1.54) is 6.07 Å². The van der Waals surface area contributed by atoms with Crippen LogP contribution >= 0.6 is 0 Å². The summed E-state index contributed by atoms with van der Waals surface area (Å²) in [5.74, 6) is -0.134. The number of para-hydroxylation sites is 1. The highest BCUT2D eigenvalue weighted by molar-refractivity contribution is 5.76. The summed E-state index contributed by atoms with van der Waals surface area (Å²) in [6.07, 6.45) is 0.286. The molecular formula is C13H17FN2O2. The zero-order valence-electron chi connectivity index (χ0n) is 10.2. The molecule has 2 rings (SSSR count). The molecule has 1 saturated heterocycles. The molecular weight excluding hydrogens is 235 g/mol. The van der Waals surface area contributed by atoms with Gasteiger partial charge in [0, 0.05) is 26.2 Å². The summed E-state index contributed by atoms with van der Waals surface area (Å²) in [5, 5.41) is 3.18. The van der Waals surface area contributed by atoms with Gasteiger partial charge in [0.2, 0.25) is 5.91 Å². The van der Waals surface area contributed by atoms with Gasteiger partial charge >= 0.3 is 0 Å². The van der Waals surface area contributed by atoms with Gasteiger partial charge in [0.15, 0.2) is 11.6 Å². The molecule has 0 aromatic heterocycles. The molecule has 1 aliphatic rings. The second kappa shape index (κ2) is 6.35. The van der Waals surface area contributed by atoms with E-state index in [4.69, 9.17) is 4.74 Å². The zero-order valence-corrected chi connectivity index (χ0v) is 10.2. The summed E-state index contributed by atoms with van der Waals surface area (Å²) in [5.41, 5.74) is 0. The van der Waals surface area contributed by atoms with Crippen LogP contribution < -0.4 is 10.1 Å². The molecule has 0 unspecified atom stereocenters. The van der Waals surface area contributed by atoms with E-state index < -0.39 is 5.82 Å². The van der Waals surface area contributed by atoms with E-state index in [1.54, 1.807) is 23.1 Å². The first kappa shape index (κ1) is 12.8. The number of ether oxygens (including phenoxy) is 1. The second-order valence-electron chi connectivity index (χ2n) is 4.16. The van der Waals surface area contributed by atoms with Crippen LogP contribution in [0.25, 0.3) is 0 Å². The number of carbonyl (C=O) groups excluding carboxylic acids is 1. The number of halogens is 1. The van der Waals surface area contributed by atoms with Gasteiger partial charge in [0.05, 0.1) is 13.0 Å². The highest BCUT2D eigenvalue weighted by Crippen LogP contribution is 2.15. The van der Waals surface area contributed by atoms with E-state index in [2.05, 4.69) is 5.32 Å². The van der Waals surface area contributed by atoms with Gasteiger partial charge in [-0.25, -0.2) is 4.39 Å². The van der Waals surface area contributed by atoms with Crippen LogP contribution in [0.1, 0.15) is 6.42 Å². The maximum Gasteiger partial charge on any atom is 0.226 e. The molecule has 0 spiro atoms. The first-order valence-electron chi connectivity index (χ1n) is 6.13. The standard InChI is InChI=1S/C13H17FN2O2/c14-11-3-1-2-4-12(11)18-10-5-13(17)16-8-6-15-7-9-16/h1-4,15H,5-10H2. The third kappa shape index (κ3) is 3.43. The summed E-state index contributed by atoms with van der Waals surface area (Å²) in [7, 11) is 0. The number of carbonyl (C=O) groups is 1. The highest BCUT2D eigenvalue weighted by Gasteiger charge is 2.15. The van der Waals surface area contributed by atoms with Gasteiger partial charge in [-0.1, -0.05) is 12.1 Å². The van der Waals surface area contributed by atoms with Crippen LogP contribution in [0.5, 0.6) is 5.75 Å². The second-order valence-corrected chi connectivity index (χ2v) is 4.16. The molecule has 1 aliphatic heterocycles. The van der Waals surface area contributed by atoms with Gasteiger partial charge in [-0.15, -0.1) is 0 Å². The number of piperazine rings is 1. The van der Waals surface area contributed by atoms with Gasteiger partial charge in [-0.2, -0.15) is 0 Å². The Morgan fingerprint density at radius 3 is 2.78 bits per heavy atom. The fourth-order valence-electron chi connectivity index (χ4n) is 1.88. The molecule has 1 fully saturated rings. The zero-order chi connectivity index (χ0) is 12.8. The first-order valence-corrected chi connectivity index (χ1v) is 6.13. The van der Waals surface area contributed by atoms with Crippen LogP contribution in [0, 0.1) is 5.82 Å². The van der Waals surface area contributed by atoms with E-state index in [9.17, 15) is 9.18 Å². The number of hydrogen-bond donors (Lipinski definition) is 1. The van der Waals surface area contributed by atoms with Crippen molar-refractivity contribution in [1.29, 1.82) is 0 Å². The Bertz CT molecular complexity index is 406. The van der Waals surface area contributed by atoms with Crippen molar-refractivity contribution in [1.82, 2.24) is 10.2 Å². The smallest absolute Gasteiger partial charge is 0.226 e. The fraction of sp³-hybridized carbons (Fsp3) is 0.462. The Morgan fingerprint density at radius 2 is 2.06 bits per heavy atom. The van der Waals surface area contributed by atoms with Crippen molar-refractivity contribution in [3.05, 3.63) is 30.1 Å². The average Bonchev–Trinajstić information content (AvgIpc) is 2.42. The Hall–Kier alpha value is -1.62. The summed E-state index contributed by atoms with van der Waals surface area (Å²) >= 11 is 0. The van der Waals surface area contributed by atoms with E-state index in [0.29, 0.717) is 0 Å². The predicted octanol–water partition coefficient (Wildman–Crippen LogP) is 1.03.